The number of nitrogens with one attached hydrogen (secondary N) is 2. The van der Waals surface area contributed by atoms with Crippen molar-refractivity contribution in [2.75, 3.05) is 18.4 Å². The summed E-state index contributed by atoms with van der Waals surface area (Å²) in [5, 5.41) is 17.0. The van der Waals surface area contributed by atoms with Crippen molar-refractivity contribution in [1.82, 2.24) is 30.5 Å². The van der Waals surface area contributed by atoms with Gasteiger partial charge in [-0.25, -0.2) is 9.67 Å². The molecule has 0 fully saturated rings. The molecule has 2 N–H and O–H groups in total. The fourth-order valence-corrected chi connectivity index (χ4v) is 2.81. The van der Waals surface area contributed by atoms with E-state index in [0.717, 1.165) is 17.8 Å². The van der Waals surface area contributed by atoms with Gasteiger partial charge in [0.25, 0.3) is 0 Å². The van der Waals surface area contributed by atoms with Gasteiger partial charge in [0.05, 0.1) is 5.56 Å². The van der Waals surface area contributed by atoms with Crippen LogP contribution < -0.4 is 10.6 Å². The zero-order valence-electron chi connectivity index (χ0n) is 16.1. The number of carbonyl (C=O) groups is 1. The highest BCUT2D eigenvalue weighted by atomic mass is 19.4. The second kappa shape index (κ2) is 9.33. The van der Waals surface area contributed by atoms with Gasteiger partial charge < -0.3 is 10.6 Å². The van der Waals surface area contributed by atoms with Crippen LogP contribution in [0.1, 0.15) is 23.0 Å². The number of tetrazole rings is 1. The summed E-state index contributed by atoms with van der Waals surface area (Å²) >= 11 is 0. The number of amides is 1. The van der Waals surface area contributed by atoms with Crippen LogP contribution in [0.4, 0.5) is 19.0 Å². The standard InChI is InChI=1S/C19H20F3N7O/c1-13-26-27-28-29(13)16(11-14-5-3-2-4-6-14)18(30)24-10-9-23-17-8-7-15(12-25-17)19(20,21)22/h2-8,12,16H,9-11H2,1H3,(H,23,25)(H,24,30). The maximum Gasteiger partial charge on any atom is 0.417 e. The minimum Gasteiger partial charge on any atom is -0.368 e. The van der Waals surface area contributed by atoms with Crippen molar-refractivity contribution < 1.29 is 18.0 Å². The minimum absolute atomic E-state index is 0.244. The van der Waals surface area contributed by atoms with Crippen LogP contribution in [-0.2, 0) is 17.4 Å². The first-order chi connectivity index (χ1) is 14.3. The lowest BCUT2D eigenvalue weighted by atomic mass is 10.1. The molecule has 1 aromatic carbocycles. The number of pyridine rings is 1. The summed E-state index contributed by atoms with van der Waals surface area (Å²) in [6, 6.07) is 11.1. The molecule has 0 spiro atoms. The molecule has 158 valence electrons. The minimum atomic E-state index is -4.43. The molecule has 0 saturated heterocycles. The Hall–Kier alpha value is -3.50. The summed E-state index contributed by atoms with van der Waals surface area (Å²) in [6.45, 7) is 2.24. The Morgan fingerprint density at radius 1 is 1.13 bits per heavy atom. The van der Waals surface area contributed by atoms with Crippen molar-refractivity contribution in [3.63, 3.8) is 0 Å². The molecule has 1 atom stereocenters. The van der Waals surface area contributed by atoms with Gasteiger partial charge in [-0.2, -0.15) is 13.2 Å². The smallest absolute Gasteiger partial charge is 0.368 e. The second-order valence-corrected chi connectivity index (χ2v) is 6.52. The highest BCUT2D eigenvalue weighted by molar-refractivity contribution is 5.80. The fraction of sp³-hybridized carbons (Fsp3) is 0.316. The van der Waals surface area contributed by atoms with E-state index in [1.54, 1.807) is 6.92 Å². The molecular weight excluding hydrogens is 399 g/mol. The number of nitrogens with zero attached hydrogens (tertiary/aromatic N) is 5. The van der Waals surface area contributed by atoms with Crippen LogP contribution in [0.25, 0.3) is 0 Å². The molecule has 0 saturated carbocycles. The quantitative estimate of drug-likeness (QED) is 0.544. The first-order valence-electron chi connectivity index (χ1n) is 9.18. The Balaban J connectivity index is 1.56. The zero-order valence-corrected chi connectivity index (χ0v) is 16.1. The lowest BCUT2D eigenvalue weighted by molar-refractivity contribution is -0.137. The van der Waals surface area contributed by atoms with E-state index in [9.17, 15) is 18.0 Å². The molecule has 1 amide bonds. The lowest BCUT2D eigenvalue weighted by Gasteiger charge is -2.18. The van der Waals surface area contributed by atoms with E-state index >= 15 is 0 Å². The molecule has 8 nitrogen and oxygen atoms in total. The van der Waals surface area contributed by atoms with Gasteiger partial charge in [-0.1, -0.05) is 30.3 Å². The van der Waals surface area contributed by atoms with Crippen molar-refractivity contribution in [1.29, 1.82) is 0 Å². The van der Waals surface area contributed by atoms with Crippen LogP contribution in [-0.4, -0.2) is 44.2 Å². The number of alkyl halides is 3. The van der Waals surface area contributed by atoms with Gasteiger partial charge in [-0.15, -0.1) is 5.10 Å². The van der Waals surface area contributed by atoms with Gasteiger partial charge in [0.15, 0.2) is 0 Å². The number of hydrogen-bond acceptors (Lipinski definition) is 6. The van der Waals surface area contributed by atoms with Gasteiger partial charge in [-0.05, 0) is 35.0 Å². The van der Waals surface area contributed by atoms with Crippen LogP contribution in [0, 0.1) is 6.92 Å². The highest BCUT2D eigenvalue weighted by Crippen LogP contribution is 2.28. The Bertz CT molecular complexity index is 958. The Morgan fingerprint density at radius 2 is 1.90 bits per heavy atom. The summed E-state index contributed by atoms with van der Waals surface area (Å²) < 4.78 is 39.2. The number of halogens is 3. The number of benzene rings is 1. The SMILES string of the molecule is Cc1nnnn1C(Cc1ccccc1)C(=O)NCCNc1ccc(C(F)(F)F)cn1. The molecule has 0 aliphatic rings. The van der Waals surface area contributed by atoms with Crippen LogP contribution in [0.15, 0.2) is 48.7 Å². The molecule has 1 unspecified atom stereocenters. The molecule has 2 aromatic heterocycles. The largest absolute Gasteiger partial charge is 0.417 e. The maximum atomic E-state index is 12.8. The lowest BCUT2D eigenvalue weighted by Crippen LogP contribution is -2.37. The molecule has 11 heteroatoms. The highest BCUT2D eigenvalue weighted by Gasteiger charge is 2.30. The molecule has 3 aromatic rings. The van der Waals surface area contributed by atoms with Crippen LogP contribution in [0.2, 0.25) is 0 Å². The molecule has 2 heterocycles. The van der Waals surface area contributed by atoms with E-state index < -0.39 is 17.8 Å². The van der Waals surface area contributed by atoms with Crippen molar-refractivity contribution in [2.45, 2.75) is 25.6 Å². The van der Waals surface area contributed by atoms with E-state index in [0.29, 0.717) is 12.2 Å². The van der Waals surface area contributed by atoms with Gasteiger partial charge in [0, 0.05) is 25.7 Å². The van der Waals surface area contributed by atoms with Crippen molar-refractivity contribution in [3.8, 4) is 0 Å². The average molecular weight is 419 g/mol. The van der Waals surface area contributed by atoms with Gasteiger partial charge in [0.2, 0.25) is 5.91 Å². The first-order valence-corrected chi connectivity index (χ1v) is 9.18. The topological polar surface area (TPSA) is 97.6 Å². The summed E-state index contributed by atoms with van der Waals surface area (Å²) in [4.78, 5) is 16.5. The van der Waals surface area contributed by atoms with E-state index in [-0.39, 0.29) is 24.8 Å². The average Bonchev–Trinajstić information content (AvgIpc) is 3.15. The van der Waals surface area contributed by atoms with Gasteiger partial charge in [-0.3, -0.25) is 4.79 Å². The van der Waals surface area contributed by atoms with E-state index in [1.165, 1.54) is 10.7 Å². The Morgan fingerprint density at radius 3 is 2.50 bits per heavy atom. The molecule has 0 aliphatic heterocycles. The van der Waals surface area contributed by atoms with E-state index in [2.05, 4.69) is 31.1 Å². The number of aryl methyl sites for hydroxylation is 1. The van der Waals surface area contributed by atoms with Crippen LogP contribution in [0.5, 0.6) is 0 Å². The third-order valence-electron chi connectivity index (χ3n) is 4.35. The van der Waals surface area contributed by atoms with Crippen molar-refractivity contribution >= 4 is 11.7 Å². The molecule has 0 radical (unpaired) electrons. The predicted molar refractivity (Wildman–Crippen MR) is 102 cm³/mol. The second-order valence-electron chi connectivity index (χ2n) is 6.52. The van der Waals surface area contributed by atoms with Crippen molar-refractivity contribution in [2.24, 2.45) is 0 Å². The molecular formula is C19H20F3N7O. The molecule has 0 bridgehead atoms. The Labute approximate surface area is 170 Å². The van der Waals surface area contributed by atoms with Crippen molar-refractivity contribution in [3.05, 3.63) is 65.6 Å². The summed E-state index contributed by atoms with van der Waals surface area (Å²) in [6.07, 6.45) is -3.26. The zero-order chi connectivity index (χ0) is 21.6. The van der Waals surface area contributed by atoms with E-state index in [1.807, 2.05) is 30.3 Å². The number of carbonyl (C=O) groups excluding carboxylic acids is 1. The number of aromatic nitrogens is 5. The molecule has 0 aliphatic carbocycles. The maximum absolute atomic E-state index is 12.8. The third-order valence-corrected chi connectivity index (χ3v) is 4.35. The molecule has 30 heavy (non-hydrogen) atoms. The summed E-state index contributed by atoms with van der Waals surface area (Å²) in [5.74, 6) is 0.531. The monoisotopic (exact) mass is 419 g/mol. The predicted octanol–water partition coefficient (Wildman–Crippen LogP) is 2.41. The normalized spacial score (nSPS) is 12.4. The Kier molecular flexibility index (Phi) is 6.60. The molecule has 3 rings (SSSR count). The van der Waals surface area contributed by atoms with Gasteiger partial charge in [0.1, 0.15) is 17.7 Å². The van der Waals surface area contributed by atoms with E-state index in [4.69, 9.17) is 0 Å². The van der Waals surface area contributed by atoms with Crippen LogP contribution in [0.3, 0.4) is 0 Å². The fourth-order valence-electron chi connectivity index (χ4n) is 2.81. The number of rotatable bonds is 8. The van der Waals surface area contributed by atoms with Gasteiger partial charge >= 0.3 is 6.18 Å². The summed E-state index contributed by atoms with van der Waals surface area (Å²) in [5.41, 5.74) is 0.140. The number of anilines is 1. The van der Waals surface area contributed by atoms with Crippen LogP contribution >= 0.6 is 0 Å². The summed E-state index contributed by atoms with van der Waals surface area (Å²) in [7, 11) is 0. The number of hydrogen-bond donors (Lipinski definition) is 2. The third kappa shape index (κ3) is 5.52. The first kappa shape index (κ1) is 21.2.